The summed E-state index contributed by atoms with van der Waals surface area (Å²) in [7, 11) is 0. The van der Waals surface area contributed by atoms with Gasteiger partial charge in [0.25, 0.3) is 5.91 Å². The first-order chi connectivity index (χ1) is 14.1. The van der Waals surface area contributed by atoms with Crippen LogP contribution >= 0.6 is 11.3 Å². The number of aliphatic hydroxyl groups is 1. The molecule has 4 rings (SSSR count). The zero-order valence-corrected chi connectivity index (χ0v) is 16.4. The zero-order valence-electron chi connectivity index (χ0n) is 15.6. The minimum atomic E-state index is -0.752. The van der Waals surface area contributed by atoms with E-state index in [9.17, 15) is 14.7 Å². The number of pyridine rings is 1. The molecule has 0 spiro atoms. The van der Waals surface area contributed by atoms with Crippen LogP contribution in [0.15, 0.2) is 77.6 Å². The molecule has 1 amide bonds. The monoisotopic (exact) mass is 406 g/mol. The van der Waals surface area contributed by atoms with E-state index in [1.807, 2.05) is 6.92 Å². The second-order valence-corrected chi connectivity index (χ2v) is 7.30. The average molecular weight is 406 g/mol. The van der Waals surface area contributed by atoms with Gasteiger partial charge in [-0.05, 0) is 60.3 Å². The Hall–Kier alpha value is -3.45. The molecule has 3 heterocycles. The van der Waals surface area contributed by atoms with Gasteiger partial charge < -0.3 is 9.84 Å². The number of ketones is 1. The lowest BCUT2D eigenvalue weighted by Crippen LogP contribution is -2.31. The molecule has 0 bridgehead atoms. The Kier molecular flexibility index (Phi) is 5.14. The fraction of sp³-hybridized carbons (Fsp3) is 0.136. The van der Waals surface area contributed by atoms with Crippen molar-refractivity contribution in [3.63, 3.8) is 0 Å². The van der Waals surface area contributed by atoms with Crippen molar-refractivity contribution in [1.29, 1.82) is 0 Å². The molecule has 29 heavy (non-hydrogen) atoms. The van der Waals surface area contributed by atoms with Gasteiger partial charge in [0.1, 0.15) is 5.75 Å². The zero-order chi connectivity index (χ0) is 20.4. The number of ether oxygens (including phenoxy) is 1. The van der Waals surface area contributed by atoms with Crippen LogP contribution in [-0.4, -0.2) is 28.4 Å². The number of aliphatic hydroxyl groups excluding tert-OH is 1. The van der Waals surface area contributed by atoms with E-state index in [0.29, 0.717) is 28.5 Å². The largest absolute Gasteiger partial charge is 0.503 e. The number of benzene rings is 1. The number of hydrogen-bond donors (Lipinski definition) is 1. The summed E-state index contributed by atoms with van der Waals surface area (Å²) >= 11 is 1.27. The number of thiophene rings is 1. The van der Waals surface area contributed by atoms with Crippen molar-refractivity contribution < 1.29 is 19.4 Å². The molecule has 7 heteroatoms. The van der Waals surface area contributed by atoms with Crippen LogP contribution in [0.4, 0.5) is 5.69 Å². The summed E-state index contributed by atoms with van der Waals surface area (Å²) < 4.78 is 5.47. The first kappa shape index (κ1) is 18.9. The Morgan fingerprint density at radius 1 is 1.17 bits per heavy atom. The predicted molar refractivity (Wildman–Crippen MR) is 110 cm³/mol. The Morgan fingerprint density at radius 3 is 2.52 bits per heavy atom. The van der Waals surface area contributed by atoms with Gasteiger partial charge in [-0.3, -0.25) is 19.5 Å². The van der Waals surface area contributed by atoms with E-state index in [2.05, 4.69) is 4.98 Å². The van der Waals surface area contributed by atoms with Crippen molar-refractivity contribution in [2.45, 2.75) is 13.0 Å². The molecule has 1 aliphatic rings. The quantitative estimate of drug-likeness (QED) is 0.617. The van der Waals surface area contributed by atoms with Gasteiger partial charge in [0.15, 0.2) is 5.76 Å². The van der Waals surface area contributed by atoms with E-state index in [0.717, 1.165) is 0 Å². The summed E-state index contributed by atoms with van der Waals surface area (Å²) in [5.41, 5.74) is 1.31. The number of aromatic nitrogens is 1. The molecule has 0 saturated carbocycles. The molecular weight excluding hydrogens is 388 g/mol. The number of hydrogen-bond acceptors (Lipinski definition) is 6. The van der Waals surface area contributed by atoms with E-state index in [1.54, 1.807) is 66.3 Å². The number of nitrogens with zero attached hydrogens (tertiary/aromatic N) is 2. The molecule has 0 radical (unpaired) electrons. The molecule has 1 aromatic carbocycles. The van der Waals surface area contributed by atoms with Gasteiger partial charge in [-0.25, -0.2) is 0 Å². The van der Waals surface area contributed by atoms with Crippen LogP contribution in [0.3, 0.4) is 0 Å². The number of rotatable bonds is 6. The number of anilines is 1. The summed E-state index contributed by atoms with van der Waals surface area (Å²) in [6, 6.07) is 13.2. The third kappa shape index (κ3) is 3.40. The van der Waals surface area contributed by atoms with Crippen LogP contribution < -0.4 is 9.64 Å². The predicted octanol–water partition coefficient (Wildman–Crippen LogP) is 4.32. The fourth-order valence-corrected chi connectivity index (χ4v) is 4.05. The van der Waals surface area contributed by atoms with Crippen molar-refractivity contribution in [3.05, 3.63) is 88.1 Å². The van der Waals surface area contributed by atoms with Crippen LogP contribution in [0.5, 0.6) is 5.75 Å². The van der Waals surface area contributed by atoms with E-state index in [4.69, 9.17) is 4.74 Å². The summed E-state index contributed by atoms with van der Waals surface area (Å²) in [5, 5.41) is 12.4. The second-order valence-electron chi connectivity index (χ2n) is 6.35. The minimum Gasteiger partial charge on any atom is -0.503 e. The highest BCUT2D eigenvalue weighted by Crippen LogP contribution is 2.42. The summed E-state index contributed by atoms with van der Waals surface area (Å²) in [6.07, 6.45) is 3.19. The van der Waals surface area contributed by atoms with Gasteiger partial charge in [0.2, 0.25) is 5.78 Å². The fourth-order valence-electron chi connectivity index (χ4n) is 3.37. The third-order valence-electron chi connectivity index (χ3n) is 4.65. The summed E-state index contributed by atoms with van der Waals surface area (Å²) in [6.45, 7) is 2.42. The Labute approximate surface area is 171 Å². The molecule has 3 aromatic rings. The topological polar surface area (TPSA) is 79.7 Å². The molecule has 6 nitrogen and oxygen atoms in total. The van der Waals surface area contributed by atoms with Gasteiger partial charge in [0, 0.05) is 18.1 Å². The van der Waals surface area contributed by atoms with Crippen molar-refractivity contribution in [2.75, 3.05) is 11.5 Å². The summed E-state index contributed by atoms with van der Waals surface area (Å²) in [5.74, 6) is -0.827. The minimum absolute atomic E-state index is 0.0672. The van der Waals surface area contributed by atoms with Crippen molar-refractivity contribution in [1.82, 2.24) is 4.98 Å². The van der Waals surface area contributed by atoms with Crippen LogP contribution in [0, 0.1) is 0 Å². The van der Waals surface area contributed by atoms with Gasteiger partial charge in [-0.1, -0.05) is 6.07 Å². The number of carbonyl (C=O) groups excluding carboxylic acids is 2. The Balaban J connectivity index is 1.81. The van der Waals surface area contributed by atoms with Crippen LogP contribution in [-0.2, 0) is 4.79 Å². The molecule has 0 fully saturated rings. The second kappa shape index (κ2) is 7.89. The van der Waals surface area contributed by atoms with E-state index in [-0.39, 0.29) is 11.4 Å². The lowest BCUT2D eigenvalue weighted by atomic mass is 9.96. The molecule has 1 N–H and O–H groups in total. The maximum Gasteiger partial charge on any atom is 0.294 e. The SMILES string of the molecule is CCOc1ccc(N2C(=O)C(O)=C(C(=O)c3cccs3)C2c2ccncc2)cc1. The van der Waals surface area contributed by atoms with Crippen molar-refractivity contribution in [2.24, 2.45) is 0 Å². The van der Waals surface area contributed by atoms with Crippen molar-refractivity contribution in [3.8, 4) is 5.75 Å². The lowest BCUT2D eigenvalue weighted by molar-refractivity contribution is -0.117. The van der Waals surface area contributed by atoms with Crippen LogP contribution in [0.2, 0.25) is 0 Å². The highest BCUT2D eigenvalue weighted by molar-refractivity contribution is 7.12. The highest BCUT2D eigenvalue weighted by Gasteiger charge is 2.44. The molecule has 1 atom stereocenters. The van der Waals surface area contributed by atoms with Gasteiger partial charge in [0.05, 0.1) is 23.1 Å². The first-order valence-electron chi connectivity index (χ1n) is 9.09. The number of Topliss-reactive ketones (excluding diaryl/α,β-unsaturated/α-hetero) is 1. The number of carbonyl (C=O) groups is 2. The van der Waals surface area contributed by atoms with Crippen molar-refractivity contribution >= 4 is 28.7 Å². The van der Waals surface area contributed by atoms with Gasteiger partial charge >= 0.3 is 0 Å². The first-order valence-corrected chi connectivity index (χ1v) is 9.97. The van der Waals surface area contributed by atoms with Crippen LogP contribution in [0.1, 0.15) is 28.2 Å². The maximum absolute atomic E-state index is 13.1. The molecule has 0 aliphatic carbocycles. The van der Waals surface area contributed by atoms with E-state index < -0.39 is 17.7 Å². The molecule has 0 saturated heterocycles. The van der Waals surface area contributed by atoms with E-state index >= 15 is 0 Å². The standard InChI is InChI=1S/C22H18N2O4S/c1-2-28-16-7-5-15(6-8-16)24-19(14-9-11-23-12-10-14)18(21(26)22(24)27)20(25)17-4-3-13-29-17/h3-13,19,26H,2H2,1H3. The Morgan fingerprint density at radius 2 is 1.90 bits per heavy atom. The van der Waals surface area contributed by atoms with Gasteiger partial charge in [-0.2, -0.15) is 0 Å². The molecule has 146 valence electrons. The third-order valence-corrected chi connectivity index (χ3v) is 5.51. The highest BCUT2D eigenvalue weighted by atomic mass is 32.1. The average Bonchev–Trinajstić information content (AvgIpc) is 3.37. The molecule has 1 unspecified atom stereocenters. The number of amides is 1. The van der Waals surface area contributed by atoms with Crippen LogP contribution in [0.25, 0.3) is 0 Å². The molecular formula is C22H18N2O4S. The lowest BCUT2D eigenvalue weighted by Gasteiger charge is -2.26. The summed E-state index contributed by atoms with van der Waals surface area (Å²) in [4.78, 5) is 32.1. The molecule has 1 aliphatic heterocycles. The smallest absolute Gasteiger partial charge is 0.294 e. The van der Waals surface area contributed by atoms with E-state index in [1.165, 1.54) is 16.2 Å². The normalized spacial score (nSPS) is 16.4. The molecule has 2 aromatic heterocycles. The maximum atomic E-state index is 13.1. The van der Waals surface area contributed by atoms with Gasteiger partial charge in [-0.15, -0.1) is 11.3 Å². The Bertz CT molecular complexity index is 1060.